The summed E-state index contributed by atoms with van der Waals surface area (Å²) in [5, 5.41) is 7.78. The number of hydrogen-bond acceptors (Lipinski definition) is 4. The molecule has 0 heterocycles. The van der Waals surface area contributed by atoms with Crippen LogP contribution < -0.4 is 46.8 Å². The first kappa shape index (κ1) is 18.1. The maximum absolute atomic E-state index is 7.18. The van der Waals surface area contributed by atoms with Crippen LogP contribution >= 0.6 is 11.6 Å². The van der Waals surface area contributed by atoms with Crippen molar-refractivity contribution in [3.63, 3.8) is 0 Å². The molecule has 1 aromatic rings. The van der Waals surface area contributed by atoms with Gasteiger partial charge in [0.05, 0.1) is 0 Å². The normalized spacial score (nSPS) is 11.3. The molecule has 96 valence electrons. The van der Waals surface area contributed by atoms with Crippen LogP contribution in [0.25, 0.3) is 0 Å². The molecule has 19 heavy (non-hydrogen) atoms. The molecular formula is C13H16ClN4Na. The molecule has 0 bridgehead atoms. The van der Waals surface area contributed by atoms with E-state index in [1.165, 1.54) is 6.21 Å². The Labute approximate surface area is 140 Å². The van der Waals surface area contributed by atoms with Crippen LogP contribution in [0.2, 0.25) is 5.02 Å². The Bertz CT molecular complexity index is 498. The summed E-state index contributed by atoms with van der Waals surface area (Å²) in [6, 6.07) is 3.47. The predicted molar refractivity (Wildman–Crippen MR) is 76.3 cm³/mol. The van der Waals surface area contributed by atoms with Crippen molar-refractivity contribution in [1.29, 1.82) is 5.41 Å². The van der Waals surface area contributed by atoms with E-state index >= 15 is 0 Å². The fraction of sp³-hybridized carbons (Fsp3) is 0.154. The van der Waals surface area contributed by atoms with E-state index in [2.05, 4.69) is 6.20 Å². The minimum atomic E-state index is 0. The quantitative estimate of drug-likeness (QED) is 0.139. The summed E-state index contributed by atoms with van der Waals surface area (Å²) in [7, 11) is 0. The van der Waals surface area contributed by atoms with Crippen molar-refractivity contribution < 1.29 is 29.6 Å². The van der Waals surface area contributed by atoms with Gasteiger partial charge in [0.2, 0.25) is 0 Å². The summed E-state index contributed by atoms with van der Waals surface area (Å²) in [5.41, 5.74) is 19.4. The molecule has 0 saturated carbocycles. The summed E-state index contributed by atoms with van der Waals surface area (Å²) in [4.78, 5) is 0. The molecule has 0 amide bonds. The maximum Gasteiger partial charge on any atom is 1.00 e. The standard InChI is InChI=1S/C13H16ClN4.Na/c14-12-6-10(8-16)13(18)7-9(12)3-4-11(17)2-1-5-15;/h1-2,6-8,16H,3-4,15,17-18H2;/q-1;+1/b11-2-,16-8?;. The second-order valence-electron chi connectivity index (χ2n) is 3.79. The SMILES string of the molecule is N=Cc1cc(Cl)c(CC/C(N)=C/C=[C-]N)cc1N.[Na+]. The van der Waals surface area contributed by atoms with Crippen LogP contribution in [0.4, 0.5) is 5.69 Å². The fourth-order valence-electron chi connectivity index (χ4n) is 1.49. The first-order valence-corrected chi connectivity index (χ1v) is 5.78. The van der Waals surface area contributed by atoms with Gasteiger partial charge in [-0.15, -0.1) is 0 Å². The number of aryl methyl sites for hydroxylation is 1. The number of nitrogen functional groups attached to an aromatic ring is 1. The monoisotopic (exact) mass is 286 g/mol. The second kappa shape index (κ2) is 9.04. The van der Waals surface area contributed by atoms with Gasteiger partial charge in [0.25, 0.3) is 0 Å². The molecule has 0 radical (unpaired) electrons. The van der Waals surface area contributed by atoms with Gasteiger partial charge in [-0.1, -0.05) is 17.3 Å². The van der Waals surface area contributed by atoms with E-state index < -0.39 is 0 Å². The third-order valence-corrected chi connectivity index (χ3v) is 2.84. The molecule has 0 unspecified atom stereocenters. The average Bonchev–Trinajstić information content (AvgIpc) is 2.36. The van der Waals surface area contributed by atoms with E-state index in [4.69, 9.17) is 34.2 Å². The minimum Gasteiger partial charge on any atom is -0.490 e. The van der Waals surface area contributed by atoms with Gasteiger partial charge in [0.1, 0.15) is 0 Å². The summed E-state index contributed by atoms with van der Waals surface area (Å²) >= 11 is 6.11. The molecule has 4 nitrogen and oxygen atoms in total. The maximum atomic E-state index is 7.18. The molecule has 0 aromatic heterocycles. The zero-order chi connectivity index (χ0) is 13.5. The van der Waals surface area contributed by atoms with Crippen LogP contribution in [0.1, 0.15) is 17.5 Å². The summed E-state index contributed by atoms with van der Waals surface area (Å²) < 4.78 is 0. The van der Waals surface area contributed by atoms with Crippen molar-refractivity contribution in [2.75, 3.05) is 5.73 Å². The van der Waals surface area contributed by atoms with E-state index in [1.807, 2.05) is 0 Å². The van der Waals surface area contributed by atoms with Crippen molar-refractivity contribution in [2.24, 2.45) is 11.5 Å². The number of anilines is 1. The van der Waals surface area contributed by atoms with Gasteiger partial charge in [-0.05, 0) is 30.5 Å². The minimum absolute atomic E-state index is 0. The number of rotatable bonds is 5. The number of nitrogens with two attached hydrogens (primary N) is 3. The Kier molecular flexibility index (Phi) is 8.59. The summed E-state index contributed by atoms with van der Waals surface area (Å²) in [6.07, 6.45) is 8.15. The molecule has 1 aromatic carbocycles. The van der Waals surface area contributed by atoms with E-state index in [9.17, 15) is 0 Å². The predicted octanol–water partition coefficient (Wildman–Crippen LogP) is -1.03. The number of benzene rings is 1. The Balaban J connectivity index is 0.00000324. The van der Waals surface area contributed by atoms with Crippen LogP contribution in [-0.4, -0.2) is 6.21 Å². The Hall–Kier alpha value is -0.940. The summed E-state index contributed by atoms with van der Waals surface area (Å²) in [6.45, 7) is 0. The van der Waals surface area contributed by atoms with Gasteiger partial charge in [-0.3, -0.25) is 0 Å². The molecule has 0 aliphatic heterocycles. The van der Waals surface area contributed by atoms with E-state index in [1.54, 1.807) is 24.3 Å². The third-order valence-electron chi connectivity index (χ3n) is 2.48. The molecule has 0 atom stereocenters. The van der Waals surface area contributed by atoms with Crippen LogP contribution in [0, 0.1) is 11.6 Å². The molecule has 1 rings (SSSR count). The number of hydrogen-bond donors (Lipinski definition) is 4. The zero-order valence-corrected chi connectivity index (χ0v) is 13.7. The first-order valence-electron chi connectivity index (χ1n) is 5.40. The van der Waals surface area contributed by atoms with Gasteiger partial charge in [0, 0.05) is 22.5 Å². The Morgan fingerprint density at radius 3 is 2.68 bits per heavy atom. The third kappa shape index (κ3) is 5.70. The van der Waals surface area contributed by atoms with Gasteiger partial charge in [0.15, 0.2) is 0 Å². The van der Waals surface area contributed by atoms with Crippen LogP contribution in [-0.2, 0) is 6.42 Å². The van der Waals surface area contributed by atoms with Gasteiger partial charge < -0.3 is 22.6 Å². The van der Waals surface area contributed by atoms with Crippen LogP contribution in [0.3, 0.4) is 0 Å². The smallest absolute Gasteiger partial charge is 0.490 e. The molecule has 0 fully saturated rings. The van der Waals surface area contributed by atoms with Gasteiger partial charge in [-0.25, -0.2) is 6.08 Å². The van der Waals surface area contributed by atoms with E-state index in [0.717, 1.165) is 5.56 Å². The molecule has 0 aliphatic carbocycles. The number of halogens is 1. The van der Waals surface area contributed by atoms with Crippen molar-refractivity contribution in [3.8, 4) is 0 Å². The largest absolute Gasteiger partial charge is 1.00 e. The van der Waals surface area contributed by atoms with Crippen LogP contribution in [0.5, 0.6) is 0 Å². The average molecular weight is 287 g/mol. The zero-order valence-electron chi connectivity index (χ0n) is 10.9. The molecule has 0 spiro atoms. The Morgan fingerprint density at radius 2 is 2.11 bits per heavy atom. The van der Waals surface area contributed by atoms with Crippen LogP contribution in [0.15, 0.2) is 30.0 Å². The first-order chi connectivity index (χ1) is 8.58. The second-order valence-corrected chi connectivity index (χ2v) is 4.20. The number of allylic oxidation sites excluding steroid dienone is 3. The molecule has 7 N–H and O–H groups in total. The molecule has 0 aliphatic rings. The van der Waals surface area contributed by atoms with Gasteiger partial charge >= 0.3 is 29.6 Å². The van der Waals surface area contributed by atoms with E-state index in [-0.39, 0.29) is 29.6 Å². The number of nitrogens with one attached hydrogen (secondary N) is 1. The topological polar surface area (TPSA) is 102 Å². The molecule has 6 heteroatoms. The Morgan fingerprint density at radius 1 is 1.42 bits per heavy atom. The molecular weight excluding hydrogens is 271 g/mol. The molecule has 0 saturated heterocycles. The summed E-state index contributed by atoms with van der Waals surface area (Å²) in [5.74, 6) is 0. The van der Waals surface area contributed by atoms with Crippen molar-refractivity contribution in [3.05, 3.63) is 52.3 Å². The van der Waals surface area contributed by atoms with Crippen molar-refractivity contribution in [1.82, 2.24) is 0 Å². The van der Waals surface area contributed by atoms with Gasteiger partial charge in [-0.2, -0.15) is 12.3 Å². The van der Waals surface area contributed by atoms with Crippen molar-refractivity contribution in [2.45, 2.75) is 12.8 Å². The fourth-order valence-corrected chi connectivity index (χ4v) is 1.75. The van der Waals surface area contributed by atoms with E-state index in [0.29, 0.717) is 34.8 Å². The van der Waals surface area contributed by atoms with Crippen molar-refractivity contribution >= 4 is 23.5 Å².